The van der Waals surface area contributed by atoms with Crippen molar-refractivity contribution in [3.8, 4) is 0 Å². The van der Waals surface area contributed by atoms with Gasteiger partial charge in [0, 0.05) is 29.3 Å². The Bertz CT molecular complexity index is 616. The number of aromatic nitrogens is 1. The summed E-state index contributed by atoms with van der Waals surface area (Å²) in [5, 5.41) is 13.7. The second-order valence-electron chi connectivity index (χ2n) is 4.19. The highest BCUT2D eigenvalue weighted by Crippen LogP contribution is 2.19. The maximum atomic E-state index is 10.5. The summed E-state index contributed by atoms with van der Waals surface area (Å²) in [6.07, 6.45) is 2.40. The lowest BCUT2D eigenvalue weighted by molar-refractivity contribution is -0.384. The van der Waals surface area contributed by atoms with Crippen molar-refractivity contribution in [1.29, 1.82) is 0 Å². The Morgan fingerprint density at radius 1 is 1.35 bits per heavy atom. The van der Waals surface area contributed by atoms with Crippen LogP contribution in [0, 0.1) is 10.1 Å². The van der Waals surface area contributed by atoms with E-state index >= 15 is 0 Å². The van der Waals surface area contributed by atoms with E-state index in [1.165, 1.54) is 12.1 Å². The Balaban J connectivity index is 1.91. The van der Waals surface area contributed by atoms with Gasteiger partial charge >= 0.3 is 0 Å². The third-order valence-electron chi connectivity index (χ3n) is 2.74. The fourth-order valence-corrected chi connectivity index (χ4v) is 2.06. The van der Waals surface area contributed by atoms with Crippen LogP contribution >= 0.6 is 15.9 Å². The smallest absolute Gasteiger partial charge is 0.269 e. The molecule has 104 valence electrons. The lowest BCUT2D eigenvalue weighted by atomic mass is 10.1. The molecule has 0 fully saturated rings. The summed E-state index contributed by atoms with van der Waals surface area (Å²) in [5.74, 6) is 0.634. The SMILES string of the molecule is Nc1cc(Br)cnc1NCCc1ccc([N+](=O)[O-])cc1. The van der Waals surface area contributed by atoms with Crippen molar-refractivity contribution < 1.29 is 4.92 Å². The Morgan fingerprint density at radius 3 is 2.65 bits per heavy atom. The Morgan fingerprint density at radius 2 is 2.05 bits per heavy atom. The summed E-state index contributed by atoms with van der Waals surface area (Å²) in [6, 6.07) is 8.28. The van der Waals surface area contributed by atoms with Crippen LogP contribution in [0.4, 0.5) is 17.2 Å². The minimum atomic E-state index is -0.408. The molecule has 0 spiro atoms. The lowest BCUT2D eigenvalue weighted by Gasteiger charge is -2.08. The van der Waals surface area contributed by atoms with Crippen LogP contribution in [-0.4, -0.2) is 16.5 Å². The third-order valence-corrected chi connectivity index (χ3v) is 3.17. The van der Waals surface area contributed by atoms with Gasteiger partial charge in [-0.25, -0.2) is 4.98 Å². The third kappa shape index (κ3) is 3.67. The van der Waals surface area contributed by atoms with E-state index in [-0.39, 0.29) is 5.69 Å². The molecule has 2 aromatic rings. The van der Waals surface area contributed by atoms with Crippen molar-refractivity contribution in [3.63, 3.8) is 0 Å². The van der Waals surface area contributed by atoms with Gasteiger partial charge in [0.1, 0.15) is 5.82 Å². The van der Waals surface area contributed by atoms with Gasteiger partial charge in [-0.3, -0.25) is 10.1 Å². The van der Waals surface area contributed by atoms with E-state index in [4.69, 9.17) is 5.73 Å². The standard InChI is InChI=1S/C13H13BrN4O2/c14-10-7-12(15)13(17-8-10)16-6-5-9-1-3-11(4-2-9)18(19)20/h1-4,7-8H,5-6,15H2,(H,16,17). The number of nitrogens with two attached hydrogens (primary N) is 1. The first-order valence-electron chi connectivity index (χ1n) is 5.94. The number of rotatable bonds is 5. The van der Waals surface area contributed by atoms with Crippen molar-refractivity contribution in [2.45, 2.75) is 6.42 Å². The Hall–Kier alpha value is -2.15. The molecule has 0 aliphatic carbocycles. The number of non-ortho nitro benzene ring substituents is 1. The predicted octanol–water partition coefficient (Wildman–Crippen LogP) is 2.99. The molecular weight excluding hydrogens is 324 g/mol. The van der Waals surface area contributed by atoms with Gasteiger partial charge in [0.25, 0.3) is 5.69 Å². The van der Waals surface area contributed by atoms with E-state index in [0.717, 1.165) is 16.5 Å². The minimum absolute atomic E-state index is 0.0977. The van der Waals surface area contributed by atoms with E-state index in [1.807, 2.05) is 0 Å². The van der Waals surface area contributed by atoms with Crippen LogP contribution in [0.5, 0.6) is 0 Å². The average Bonchev–Trinajstić information content (AvgIpc) is 2.42. The molecule has 0 unspecified atom stereocenters. The molecular formula is C13H13BrN4O2. The molecule has 0 amide bonds. The number of anilines is 2. The van der Waals surface area contributed by atoms with Crippen LogP contribution in [-0.2, 0) is 6.42 Å². The highest BCUT2D eigenvalue weighted by atomic mass is 79.9. The Kier molecular flexibility index (Phi) is 4.52. The van der Waals surface area contributed by atoms with Crippen LogP contribution in [0.1, 0.15) is 5.56 Å². The van der Waals surface area contributed by atoms with Crippen molar-refractivity contribution in [2.24, 2.45) is 0 Å². The van der Waals surface area contributed by atoms with Gasteiger partial charge in [0.05, 0.1) is 10.6 Å². The first-order valence-corrected chi connectivity index (χ1v) is 6.74. The van der Waals surface area contributed by atoms with Crippen LogP contribution in [0.25, 0.3) is 0 Å². The molecule has 6 nitrogen and oxygen atoms in total. The molecule has 0 aliphatic rings. The molecule has 0 radical (unpaired) electrons. The van der Waals surface area contributed by atoms with Crippen molar-refractivity contribution >= 4 is 33.1 Å². The largest absolute Gasteiger partial charge is 0.396 e. The molecule has 0 atom stereocenters. The number of nitro benzene ring substituents is 1. The van der Waals surface area contributed by atoms with Crippen molar-refractivity contribution in [1.82, 2.24) is 4.98 Å². The second-order valence-corrected chi connectivity index (χ2v) is 5.11. The van der Waals surface area contributed by atoms with Gasteiger partial charge in [0.15, 0.2) is 0 Å². The minimum Gasteiger partial charge on any atom is -0.396 e. The molecule has 2 rings (SSSR count). The number of pyridine rings is 1. The fraction of sp³-hybridized carbons (Fsp3) is 0.154. The molecule has 1 aromatic carbocycles. The summed E-state index contributed by atoms with van der Waals surface area (Å²) in [7, 11) is 0. The zero-order chi connectivity index (χ0) is 14.5. The number of hydrogen-bond acceptors (Lipinski definition) is 5. The molecule has 0 bridgehead atoms. The van der Waals surface area contributed by atoms with Gasteiger partial charge in [-0.2, -0.15) is 0 Å². The summed E-state index contributed by atoms with van der Waals surface area (Å²) in [6.45, 7) is 0.649. The van der Waals surface area contributed by atoms with Crippen molar-refractivity contribution in [2.75, 3.05) is 17.6 Å². The summed E-state index contributed by atoms with van der Waals surface area (Å²) >= 11 is 3.29. The zero-order valence-electron chi connectivity index (χ0n) is 10.5. The van der Waals surface area contributed by atoms with E-state index in [2.05, 4.69) is 26.2 Å². The van der Waals surface area contributed by atoms with Gasteiger partial charge in [0.2, 0.25) is 0 Å². The molecule has 20 heavy (non-hydrogen) atoms. The highest BCUT2D eigenvalue weighted by Gasteiger charge is 2.04. The topological polar surface area (TPSA) is 94.1 Å². The summed E-state index contributed by atoms with van der Waals surface area (Å²) in [5.41, 5.74) is 7.51. The van der Waals surface area contributed by atoms with Gasteiger partial charge in [-0.15, -0.1) is 0 Å². The number of nitro groups is 1. The fourth-order valence-electron chi connectivity index (χ4n) is 1.71. The van der Waals surface area contributed by atoms with E-state index in [0.29, 0.717) is 18.1 Å². The van der Waals surface area contributed by atoms with Crippen molar-refractivity contribution in [3.05, 3.63) is 56.7 Å². The molecule has 0 saturated carbocycles. The molecule has 7 heteroatoms. The van der Waals surface area contributed by atoms with Gasteiger partial charge in [-0.05, 0) is 34.0 Å². The molecule has 1 aromatic heterocycles. The lowest BCUT2D eigenvalue weighted by Crippen LogP contribution is -2.08. The number of nitrogens with one attached hydrogen (secondary N) is 1. The van der Waals surface area contributed by atoms with Gasteiger partial charge < -0.3 is 11.1 Å². The number of nitrogens with zero attached hydrogens (tertiary/aromatic N) is 2. The predicted molar refractivity (Wildman–Crippen MR) is 81.6 cm³/mol. The van der Waals surface area contributed by atoms with E-state index in [1.54, 1.807) is 24.4 Å². The molecule has 1 heterocycles. The number of nitrogen functional groups attached to an aromatic ring is 1. The normalized spacial score (nSPS) is 10.2. The molecule has 0 saturated heterocycles. The molecule has 3 N–H and O–H groups in total. The van der Waals surface area contributed by atoms with Gasteiger partial charge in [-0.1, -0.05) is 12.1 Å². The quantitative estimate of drug-likeness (QED) is 0.646. The highest BCUT2D eigenvalue weighted by molar-refractivity contribution is 9.10. The summed E-state index contributed by atoms with van der Waals surface area (Å²) < 4.78 is 0.830. The zero-order valence-corrected chi connectivity index (χ0v) is 12.1. The second kappa shape index (κ2) is 6.33. The average molecular weight is 337 g/mol. The maximum absolute atomic E-state index is 10.5. The van der Waals surface area contributed by atoms with Crippen LogP contribution in [0.3, 0.4) is 0 Å². The number of hydrogen-bond donors (Lipinski definition) is 2. The molecule has 0 aliphatic heterocycles. The first kappa shape index (κ1) is 14.3. The van der Waals surface area contributed by atoms with E-state index in [9.17, 15) is 10.1 Å². The van der Waals surface area contributed by atoms with E-state index < -0.39 is 4.92 Å². The summed E-state index contributed by atoms with van der Waals surface area (Å²) in [4.78, 5) is 14.3. The van der Waals surface area contributed by atoms with Crippen LogP contribution in [0.2, 0.25) is 0 Å². The Labute approximate surface area is 124 Å². The number of halogens is 1. The monoisotopic (exact) mass is 336 g/mol. The maximum Gasteiger partial charge on any atom is 0.269 e. The van der Waals surface area contributed by atoms with Crippen LogP contribution < -0.4 is 11.1 Å². The van der Waals surface area contributed by atoms with Crippen LogP contribution in [0.15, 0.2) is 41.0 Å². The first-order chi connectivity index (χ1) is 9.56. The number of benzene rings is 1.